The minimum absolute atomic E-state index is 0.307. The van der Waals surface area contributed by atoms with Gasteiger partial charge in [0.25, 0.3) is 0 Å². The summed E-state index contributed by atoms with van der Waals surface area (Å²) in [7, 11) is -3.49. The maximum absolute atomic E-state index is 11.8. The lowest BCUT2D eigenvalue weighted by Crippen LogP contribution is -2.35. The number of aromatic nitrogens is 1. The van der Waals surface area contributed by atoms with Crippen LogP contribution in [0.25, 0.3) is 0 Å². The highest BCUT2D eigenvalue weighted by Crippen LogP contribution is 2.12. The number of halogens is 1. The van der Waals surface area contributed by atoms with Crippen LogP contribution in [0.2, 0.25) is 0 Å². The molecule has 0 fully saturated rings. The van der Waals surface area contributed by atoms with Crippen LogP contribution in [0.5, 0.6) is 0 Å². The van der Waals surface area contributed by atoms with E-state index in [1.165, 1.54) is 4.31 Å². The molecule has 0 bridgehead atoms. The average Bonchev–Trinajstić information content (AvgIpc) is 2.18. The van der Waals surface area contributed by atoms with Gasteiger partial charge in [-0.25, -0.2) is 4.98 Å². The van der Waals surface area contributed by atoms with E-state index in [1.54, 1.807) is 32.0 Å². The molecule has 0 aliphatic carbocycles. The van der Waals surface area contributed by atoms with Gasteiger partial charge in [-0.3, -0.25) is 4.72 Å². The molecular formula is C9H14BrN3O2S. The van der Waals surface area contributed by atoms with Crippen molar-refractivity contribution in [2.75, 3.05) is 17.8 Å². The van der Waals surface area contributed by atoms with Crippen molar-refractivity contribution in [3.8, 4) is 0 Å². The second-order valence-corrected chi connectivity index (χ2v) is 5.52. The van der Waals surface area contributed by atoms with E-state index in [0.29, 0.717) is 23.5 Å². The zero-order valence-corrected chi connectivity index (χ0v) is 11.5. The standard InChI is InChI=1S/C9H14BrN3O2S/c1-3-13(4-2)16(14,15)12-9-7-5-6-8(10)11-9/h5-7H,3-4H2,1-2H3,(H,11,12). The van der Waals surface area contributed by atoms with Crippen LogP contribution < -0.4 is 4.72 Å². The van der Waals surface area contributed by atoms with E-state index >= 15 is 0 Å². The van der Waals surface area contributed by atoms with Crippen LogP contribution in [0, 0.1) is 0 Å². The predicted molar refractivity (Wildman–Crippen MR) is 67.4 cm³/mol. The third-order valence-corrected chi connectivity index (χ3v) is 4.10. The van der Waals surface area contributed by atoms with Gasteiger partial charge in [0.2, 0.25) is 0 Å². The van der Waals surface area contributed by atoms with E-state index in [1.807, 2.05) is 0 Å². The Morgan fingerprint density at radius 1 is 1.38 bits per heavy atom. The molecule has 16 heavy (non-hydrogen) atoms. The van der Waals surface area contributed by atoms with Crippen molar-refractivity contribution in [2.24, 2.45) is 0 Å². The van der Waals surface area contributed by atoms with Gasteiger partial charge in [-0.1, -0.05) is 19.9 Å². The molecule has 0 spiro atoms. The second kappa shape index (κ2) is 5.60. The largest absolute Gasteiger partial charge is 0.302 e. The minimum atomic E-state index is -3.49. The summed E-state index contributed by atoms with van der Waals surface area (Å²) in [4.78, 5) is 4.01. The van der Waals surface area contributed by atoms with E-state index in [9.17, 15) is 8.42 Å². The monoisotopic (exact) mass is 307 g/mol. The predicted octanol–water partition coefficient (Wildman–Crippen LogP) is 1.84. The topological polar surface area (TPSA) is 62.3 Å². The van der Waals surface area contributed by atoms with Crippen molar-refractivity contribution in [2.45, 2.75) is 13.8 Å². The van der Waals surface area contributed by atoms with E-state index in [0.717, 1.165) is 0 Å². The SMILES string of the molecule is CCN(CC)S(=O)(=O)Nc1cccc(Br)n1. The lowest BCUT2D eigenvalue weighted by atomic mass is 10.5. The third kappa shape index (κ3) is 3.43. The van der Waals surface area contributed by atoms with Gasteiger partial charge in [0, 0.05) is 13.1 Å². The zero-order chi connectivity index (χ0) is 12.2. The van der Waals surface area contributed by atoms with Crippen LogP contribution in [0.1, 0.15) is 13.8 Å². The van der Waals surface area contributed by atoms with Gasteiger partial charge in [0.1, 0.15) is 10.4 Å². The molecule has 1 rings (SSSR count). The van der Waals surface area contributed by atoms with Crippen LogP contribution in [-0.4, -0.2) is 30.8 Å². The van der Waals surface area contributed by atoms with Crippen molar-refractivity contribution in [1.82, 2.24) is 9.29 Å². The fourth-order valence-corrected chi connectivity index (χ4v) is 2.76. The summed E-state index contributed by atoms with van der Waals surface area (Å²) in [6.45, 7) is 4.44. The van der Waals surface area contributed by atoms with Gasteiger partial charge in [0.05, 0.1) is 0 Å². The first-order chi connectivity index (χ1) is 7.49. The van der Waals surface area contributed by atoms with Gasteiger partial charge >= 0.3 is 10.2 Å². The Bertz CT molecular complexity index is 446. The van der Waals surface area contributed by atoms with E-state index in [-0.39, 0.29) is 0 Å². The molecule has 0 aromatic carbocycles. The van der Waals surface area contributed by atoms with Crippen LogP contribution in [0.3, 0.4) is 0 Å². The number of pyridine rings is 1. The molecule has 7 heteroatoms. The smallest absolute Gasteiger partial charge is 0.254 e. The zero-order valence-electron chi connectivity index (χ0n) is 9.14. The van der Waals surface area contributed by atoms with E-state index in [2.05, 4.69) is 25.6 Å². The number of nitrogens with one attached hydrogen (secondary N) is 1. The molecule has 0 saturated carbocycles. The number of anilines is 1. The average molecular weight is 308 g/mol. The van der Waals surface area contributed by atoms with Gasteiger partial charge < -0.3 is 0 Å². The first-order valence-corrected chi connectivity index (χ1v) is 7.13. The first kappa shape index (κ1) is 13.4. The van der Waals surface area contributed by atoms with Crippen LogP contribution in [-0.2, 0) is 10.2 Å². The van der Waals surface area contributed by atoms with E-state index < -0.39 is 10.2 Å². The number of rotatable bonds is 5. The van der Waals surface area contributed by atoms with Crippen molar-refractivity contribution in [3.63, 3.8) is 0 Å². The number of hydrogen-bond acceptors (Lipinski definition) is 3. The molecule has 0 aliphatic rings. The Morgan fingerprint density at radius 3 is 2.50 bits per heavy atom. The molecule has 0 radical (unpaired) electrons. The minimum Gasteiger partial charge on any atom is -0.254 e. The number of hydrogen-bond donors (Lipinski definition) is 1. The second-order valence-electron chi connectivity index (χ2n) is 3.04. The molecule has 1 aromatic heterocycles. The lowest BCUT2D eigenvalue weighted by molar-refractivity contribution is 0.449. The maximum atomic E-state index is 11.8. The van der Waals surface area contributed by atoms with Gasteiger partial charge in [-0.2, -0.15) is 12.7 Å². The molecule has 1 heterocycles. The van der Waals surface area contributed by atoms with E-state index in [4.69, 9.17) is 0 Å². The fourth-order valence-electron chi connectivity index (χ4n) is 1.23. The molecule has 0 amide bonds. The Kier molecular flexibility index (Phi) is 4.69. The molecular weight excluding hydrogens is 294 g/mol. The highest BCUT2D eigenvalue weighted by Gasteiger charge is 2.18. The van der Waals surface area contributed by atoms with Crippen LogP contribution >= 0.6 is 15.9 Å². The molecule has 0 saturated heterocycles. The summed E-state index contributed by atoms with van der Waals surface area (Å²) < 4.78 is 28.0. The maximum Gasteiger partial charge on any atom is 0.302 e. The summed E-state index contributed by atoms with van der Waals surface area (Å²) in [5, 5.41) is 0. The van der Waals surface area contributed by atoms with Gasteiger partial charge in [0.15, 0.2) is 0 Å². The molecule has 1 N–H and O–H groups in total. The summed E-state index contributed by atoms with van der Waals surface area (Å²) in [6.07, 6.45) is 0. The molecule has 90 valence electrons. The van der Waals surface area contributed by atoms with Gasteiger partial charge in [-0.05, 0) is 28.1 Å². The van der Waals surface area contributed by atoms with Crippen LogP contribution in [0.4, 0.5) is 5.82 Å². The Hall–Kier alpha value is -0.660. The van der Waals surface area contributed by atoms with Crippen molar-refractivity contribution in [3.05, 3.63) is 22.8 Å². The third-order valence-electron chi connectivity index (χ3n) is 1.99. The van der Waals surface area contributed by atoms with Crippen molar-refractivity contribution < 1.29 is 8.42 Å². The molecule has 1 aromatic rings. The highest BCUT2D eigenvalue weighted by atomic mass is 79.9. The quantitative estimate of drug-likeness (QED) is 0.844. The summed E-state index contributed by atoms with van der Waals surface area (Å²) in [5.41, 5.74) is 0. The van der Waals surface area contributed by atoms with Gasteiger partial charge in [-0.15, -0.1) is 0 Å². The number of nitrogens with zero attached hydrogens (tertiary/aromatic N) is 2. The molecule has 0 aliphatic heterocycles. The Morgan fingerprint density at radius 2 is 2.00 bits per heavy atom. The van der Waals surface area contributed by atoms with Crippen LogP contribution in [0.15, 0.2) is 22.8 Å². The molecule has 5 nitrogen and oxygen atoms in total. The summed E-state index contributed by atoms with van der Waals surface area (Å²) >= 11 is 3.18. The Labute approximate surface area is 104 Å². The lowest BCUT2D eigenvalue weighted by Gasteiger charge is -2.18. The normalized spacial score (nSPS) is 11.8. The summed E-state index contributed by atoms with van der Waals surface area (Å²) in [6, 6.07) is 5.05. The van der Waals surface area contributed by atoms with Crippen molar-refractivity contribution in [1.29, 1.82) is 0 Å². The molecule has 0 atom stereocenters. The highest BCUT2D eigenvalue weighted by molar-refractivity contribution is 9.10. The summed E-state index contributed by atoms with van der Waals surface area (Å²) in [5.74, 6) is 0.307. The fraction of sp³-hybridized carbons (Fsp3) is 0.444. The Balaban J connectivity index is 2.88. The van der Waals surface area contributed by atoms with Crippen molar-refractivity contribution >= 4 is 32.0 Å². The molecule has 0 unspecified atom stereocenters. The first-order valence-electron chi connectivity index (χ1n) is 4.90.